The molecule has 1 heterocycles. The minimum Gasteiger partial charge on any atom is -0.350 e. The van der Waals surface area contributed by atoms with Crippen LogP contribution in [0, 0.1) is 10.1 Å². The fourth-order valence-electron chi connectivity index (χ4n) is 2.46. The Hall–Kier alpha value is -3.37. The Balaban J connectivity index is 1.97. The SMILES string of the molecule is Cn1cccc1/C=N/Nc1ccc([N+](=O)[O-])cc1S(=O)(=O)Nc1ccccc1Cl. The second-order valence-electron chi connectivity index (χ2n) is 5.94. The molecule has 3 aromatic rings. The van der Waals surface area contributed by atoms with Gasteiger partial charge in [-0.1, -0.05) is 23.7 Å². The Bertz CT molecular complexity index is 1190. The first-order valence-corrected chi connectivity index (χ1v) is 10.1. The van der Waals surface area contributed by atoms with Crippen molar-refractivity contribution in [2.45, 2.75) is 4.90 Å². The molecular weight excluding hydrogens is 418 g/mol. The largest absolute Gasteiger partial charge is 0.350 e. The van der Waals surface area contributed by atoms with E-state index in [1.807, 2.05) is 29.9 Å². The maximum atomic E-state index is 12.9. The van der Waals surface area contributed by atoms with Crippen LogP contribution in [0.15, 0.2) is 70.8 Å². The summed E-state index contributed by atoms with van der Waals surface area (Å²) in [7, 11) is -2.37. The third-order valence-corrected chi connectivity index (χ3v) is 5.68. The topological polar surface area (TPSA) is 119 Å². The quantitative estimate of drug-likeness (QED) is 0.333. The van der Waals surface area contributed by atoms with Gasteiger partial charge in [0.2, 0.25) is 0 Å². The molecule has 0 fully saturated rings. The van der Waals surface area contributed by atoms with Crippen molar-refractivity contribution in [3.05, 3.63) is 81.6 Å². The van der Waals surface area contributed by atoms with Crippen LogP contribution in [0.1, 0.15) is 5.69 Å². The van der Waals surface area contributed by atoms with E-state index >= 15 is 0 Å². The number of halogens is 1. The zero-order valence-corrected chi connectivity index (χ0v) is 16.7. The summed E-state index contributed by atoms with van der Waals surface area (Å²) in [5.41, 5.74) is 3.26. The average molecular weight is 434 g/mol. The summed E-state index contributed by atoms with van der Waals surface area (Å²) in [6, 6.07) is 13.3. The van der Waals surface area contributed by atoms with Crippen molar-refractivity contribution in [1.29, 1.82) is 0 Å². The maximum absolute atomic E-state index is 12.9. The van der Waals surface area contributed by atoms with Gasteiger partial charge in [0.15, 0.2) is 0 Å². The third-order valence-electron chi connectivity index (χ3n) is 3.95. The van der Waals surface area contributed by atoms with Gasteiger partial charge in [0, 0.05) is 25.4 Å². The highest BCUT2D eigenvalue weighted by atomic mass is 35.5. The van der Waals surface area contributed by atoms with E-state index < -0.39 is 14.9 Å². The fraction of sp³-hybridized carbons (Fsp3) is 0.0556. The zero-order valence-electron chi connectivity index (χ0n) is 15.1. The number of hydrogen-bond donors (Lipinski definition) is 2. The number of aromatic nitrogens is 1. The van der Waals surface area contributed by atoms with Gasteiger partial charge in [-0.3, -0.25) is 20.3 Å². The van der Waals surface area contributed by atoms with E-state index in [-0.39, 0.29) is 27.0 Å². The molecule has 11 heteroatoms. The average Bonchev–Trinajstić information content (AvgIpc) is 3.08. The van der Waals surface area contributed by atoms with Gasteiger partial charge in [-0.05, 0) is 30.3 Å². The van der Waals surface area contributed by atoms with Gasteiger partial charge in [-0.25, -0.2) is 8.42 Å². The van der Waals surface area contributed by atoms with E-state index in [1.54, 1.807) is 12.1 Å². The minimum atomic E-state index is -4.20. The van der Waals surface area contributed by atoms with Crippen LogP contribution in [-0.2, 0) is 17.1 Å². The number of rotatable bonds is 7. The molecule has 0 atom stereocenters. The highest BCUT2D eigenvalue weighted by Gasteiger charge is 2.23. The zero-order chi connectivity index (χ0) is 21.0. The predicted octanol–water partition coefficient (Wildman–Crippen LogP) is 3.83. The van der Waals surface area contributed by atoms with E-state index in [0.29, 0.717) is 0 Å². The number of para-hydroxylation sites is 1. The molecule has 150 valence electrons. The van der Waals surface area contributed by atoms with E-state index in [2.05, 4.69) is 15.2 Å². The molecule has 0 amide bonds. The predicted molar refractivity (Wildman–Crippen MR) is 112 cm³/mol. The van der Waals surface area contributed by atoms with Gasteiger partial charge in [0.1, 0.15) is 4.90 Å². The molecule has 0 aliphatic rings. The van der Waals surface area contributed by atoms with Crippen molar-refractivity contribution in [2.24, 2.45) is 12.1 Å². The summed E-state index contributed by atoms with van der Waals surface area (Å²) >= 11 is 6.02. The first-order chi connectivity index (χ1) is 13.8. The molecule has 9 nitrogen and oxygen atoms in total. The normalized spacial score (nSPS) is 11.5. The first-order valence-electron chi connectivity index (χ1n) is 8.24. The molecular formula is C18H16ClN5O4S. The highest BCUT2D eigenvalue weighted by Crippen LogP contribution is 2.30. The van der Waals surface area contributed by atoms with E-state index in [0.717, 1.165) is 11.8 Å². The number of anilines is 2. The van der Waals surface area contributed by atoms with Crippen molar-refractivity contribution in [3.63, 3.8) is 0 Å². The Morgan fingerprint density at radius 1 is 1.14 bits per heavy atom. The number of aryl methyl sites for hydroxylation is 1. The number of benzene rings is 2. The Kier molecular flexibility index (Phi) is 5.85. The molecule has 0 unspecified atom stereocenters. The van der Waals surface area contributed by atoms with Gasteiger partial charge in [0.05, 0.1) is 33.2 Å². The maximum Gasteiger partial charge on any atom is 0.270 e. The smallest absolute Gasteiger partial charge is 0.270 e. The number of nitrogens with one attached hydrogen (secondary N) is 2. The first kappa shape index (κ1) is 20.4. The second kappa shape index (κ2) is 8.33. The monoisotopic (exact) mass is 433 g/mol. The van der Waals surface area contributed by atoms with Gasteiger partial charge in [0.25, 0.3) is 15.7 Å². The Morgan fingerprint density at radius 3 is 2.55 bits per heavy atom. The lowest BCUT2D eigenvalue weighted by atomic mass is 10.3. The van der Waals surface area contributed by atoms with Crippen LogP contribution in [0.2, 0.25) is 5.02 Å². The highest BCUT2D eigenvalue weighted by molar-refractivity contribution is 7.93. The number of nitro groups is 1. The van der Waals surface area contributed by atoms with Gasteiger partial charge in [-0.2, -0.15) is 5.10 Å². The van der Waals surface area contributed by atoms with Crippen LogP contribution in [0.3, 0.4) is 0 Å². The molecule has 0 spiro atoms. The lowest BCUT2D eigenvalue weighted by molar-refractivity contribution is -0.385. The summed E-state index contributed by atoms with van der Waals surface area (Å²) in [6.45, 7) is 0. The summed E-state index contributed by atoms with van der Waals surface area (Å²) < 4.78 is 30.0. The molecule has 2 N–H and O–H groups in total. The lowest BCUT2D eigenvalue weighted by Gasteiger charge is -2.12. The van der Waals surface area contributed by atoms with Crippen molar-refractivity contribution < 1.29 is 13.3 Å². The number of nitro benzene ring substituents is 1. The number of nitrogens with zero attached hydrogens (tertiary/aromatic N) is 3. The standard InChI is InChI=1S/C18H16ClN5O4S/c1-23-10-4-5-14(23)12-20-21-17-9-8-13(24(25)26)11-18(17)29(27,28)22-16-7-3-2-6-15(16)19/h2-12,21-22H,1H3/b20-12+. The van der Waals surface area contributed by atoms with Crippen molar-refractivity contribution in [2.75, 3.05) is 10.1 Å². The minimum absolute atomic E-state index is 0.0700. The van der Waals surface area contributed by atoms with Gasteiger partial charge in [-0.15, -0.1) is 0 Å². The van der Waals surface area contributed by atoms with E-state index in [9.17, 15) is 18.5 Å². The van der Waals surface area contributed by atoms with E-state index in [1.165, 1.54) is 30.5 Å². The van der Waals surface area contributed by atoms with Crippen molar-refractivity contribution in [1.82, 2.24) is 4.57 Å². The van der Waals surface area contributed by atoms with Crippen LogP contribution in [0.25, 0.3) is 0 Å². The summed E-state index contributed by atoms with van der Waals surface area (Å²) in [6.07, 6.45) is 3.33. The van der Waals surface area contributed by atoms with Crippen LogP contribution < -0.4 is 10.1 Å². The summed E-state index contributed by atoms with van der Waals surface area (Å²) in [4.78, 5) is 10.1. The van der Waals surface area contributed by atoms with Gasteiger partial charge < -0.3 is 4.57 Å². The number of sulfonamides is 1. The Labute approximate surface area is 171 Å². The summed E-state index contributed by atoms with van der Waals surface area (Å²) in [5.74, 6) is 0. The Morgan fingerprint density at radius 2 is 1.90 bits per heavy atom. The number of non-ortho nitro benzene ring substituents is 1. The number of hydrogen-bond acceptors (Lipinski definition) is 6. The fourth-order valence-corrected chi connectivity index (χ4v) is 3.95. The molecule has 0 saturated heterocycles. The molecule has 0 bridgehead atoms. The molecule has 0 radical (unpaired) electrons. The van der Waals surface area contributed by atoms with Crippen molar-refractivity contribution >= 4 is 44.9 Å². The summed E-state index contributed by atoms with van der Waals surface area (Å²) in [5, 5.41) is 15.4. The molecule has 2 aromatic carbocycles. The molecule has 0 aliphatic heterocycles. The van der Waals surface area contributed by atoms with Crippen molar-refractivity contribution in [3.8, 4) is 0 Å². The molecule has 0 aliphatic carbocycles. The van der Waals surface area contributed by atoms with Gasteiger partial charge >= 0.3 is 0 Å². The molecule has 29 heavy (non-hydrogen) atoms. The molecule has 3 rings (SSSR count). The van der Waals surface area contributed by atoms with E-state index in [4.69, 9.17) is 11.6 Å². The lowest BCUT2D eigenvalue weighted by Crippen LogP contribution is -2.15. The van der Waals surface area contributed by atoms with Crippen LogP contribution >= 0.6 is 11.6 Å². The van der Waals surface area contributed by atoms with Crippen LogP contribution in [0.4, 0.5) is 17.1 Å². The van der Waals surface area contributed by atoms with Crippen LogP contribution in [-0.4, -0.2) is 24.1 Å². The molecule has 1 aromatic heterocycles. The van der Waals surface area contributed by atoms with Crippen LogP contribution in [0.5, 0.6) is 0 Å². The number of hydrazone groups is 1. The molecule has 0 saturated carbocycles. The second-order valence-corrected chi connectivity index (χ2v) is 7.99. The third kappa shape index (κ3) is 4.73.